The van der Waals surface area contributed by atoms with Gasteiger partial charge in [0.15, 0.2) is 0 Å². The smallest absolute Gasteiger partial charge is 0.119 e. The van der Waals surface area contributed by atoms with Crippen molar-refractivity contribution in [3.05, 3.63) is 42.0 Å². The Morgan fingerprint density at radius 2 is 2.05 bits per heavy atom. The van der Waals surface area contributed by atoms with Gasteiger partial charge >= 0.3 is 0 Å². The molecule has 2 aromatic rings. The van der Waals surface area contributed by atoms with Crippen molar-refractivity contribution < 1.29 is 9.47 Å². The first-order valence-electron chi connectivity index (χ1n) is 6.63. The summed E-state index contributed by atoms with van der Waals surface area (Å²) in [6.45, 7) is 3.28. The minimum absolute atomic E-state index is 0.0248. The lowest BCUT2D eigenvalue weighted by atomic mass is 9.99. The van der Waals surface area contributed by atoms with Crippen LogP contribution in [0, 0.1) is 0 Å². The number of hydrogen-bond acceptors (Lipinski definition) is 3. The Balaban J connectivity index is 2.26. The monoisotopic (exact) mass is 259 g/mol. The quantitative estimate of drug-likeness (QED) is 0.867. The number of benzene rings is 2. The zero-order valence-corrected chi connectivity index (χ0v) is 11.6. The second-order valence-corrected chi connectivity index (χ2v) is 4.63. The molecule has 0 fully saturated rings. The van der Waals surface area contributed by atoms with E-state index >= 15 is 0 Å². The Kier molecular flexibility index (Phi) is 4.77. The van der Waals surface area contributed by atoms with E-state index in [1.807, 2.05) is 13.0 Å². The van der Waals surface area contributed by atoms with Crippen LogP contribution < -0.4 is 10.5 Å². The molecule has 0 aromatic heterocycles. The van der Waals surface area contributed by atoms with Gasteiger partial charge in [-0.05, 0) is 41.8 Å². The lowest BCUT2D eigenvalue weighted by Gasteiger charge is -2.14. The maximum atomic E-state index is 6.10. The molecule has 102 valence electrons. The third-order valence-electron chi connectivity index (χ3n) is 3.20. The predicted molar refractivity (Wildman–Crippen MR) is 78.7 cm³/mol. The highest BCUT2D eigenvalue weighted by atomic mass is 16.5. The van der Waals surface area contributed by atoms with E-state index in [4.69, 9.17) is 15.2 Å². The van der Waals surface area contributed by atoms with Crippen LogP contribution in [0.1, 0.15) is 12.5 Å². The van der Waals surface area contributed by atoms with Crippen LogP contribution in [-0.4, -0.2) is 26.4 Å². The Hall–Kier alpha value is -1.58. The van der Waals surface area contributed by atoms with Crippen molar-refractivity contribution in [1.82, 2.24) is 0 Å². The van der Waals surface area contributed by atoms with Crippen molar-refractivity contribution in [2.45, 2.75) is 19.4 Å². The van der Waals surface area contributed by atoms with Crippen LogP contribution in [0.15, 0.2) is 36.4 Å². The lowest BCUT2D eigenvalue weighted by molar-refractivity contribution is 0.133. The van der Waals surface area contributed by atoms with Crippen LogP contribution in [0.5, 0.6) is 5.75 Å². The average molecular weight is 259 g/mol. The van der Waals surface area contributed by atoms with Gasteiger partial charge in [0, 0.05) is 12.6 Å². The largest absolute Gasteiger partial charge is 0.497 e. The summed E-state index contributed by atoms with van der Waals surface area (Å²) in [5.41, 5.74) is 7.34. The van der Waals surface area contributed by atoms with Gasteiger partial charge < -0.3 is 15.2 Å². The molecule has 3 heteroatoms. The molecule has 0 saturated heterocycles. The summed E-state index contributed by atoms with van der Waals surface area (Å²) >= 11 is 0. The number of methoxy groups -OCH3 is 1. The van der Waals surface area contributed by atoms with Gasteiger partial charge in [-0.2, -0.15) is 0 Å². The van der Waals surface area contributed by atoms with E-state index in [9.17, 15) is 0 Å². The second-order valence-electron chi connectivity index (χ2n) is 4.63. The third kappa shape index (κ3) is 3.46. The second kappa shape index (κ2) is 6.55. The van der Waals surface area contributed by atoms with Gasteiger partial charge in [0.2, 0.25) is 0 Å². The molecule has 2 aromatic carbocycles. The van der Waals surface area contributed by atoms with Gasteiger partial charge in [0.1, 0.15) is 5.75 Å². The minimum atomic E-state index is 0.0248. The molecule has 1 atom stereocenters. The molecule has 0 bridgehead atoms. The highest BCUT2D eigenvalue weighted by molar-refractivity contribution is 5.87. The molecule has 0 heterocycles. The van der Waals surface area contributed by atoms with Crippen LogP contribution in [0.25, 0.3) is 10.8 Å². The first-order valence-corrected chi connectivity index (χ1v) is 6.63. The summed E-state index contributed by atoms with van der Waals surface area (Å²) in [4.78, 5) is 0. The van der Waals surface area contributed by atoms with Crippen molar-refractivity contribution in [2.24, 2.45) is 5.73 Å². The van der Waals surface area contributed by atoms with Gasteiger partial charge in [-0.1, -0.05) is 24.3 Å². The van der Waals surface area contributed by atoms with Gasteiger partial charge in [-0.3, -0.25) is 0 Å². The average Bonchev–Trinajstić information content (AvgIpc) is 2.45. The Morgan fingerprint density at radius 1 is 1.21 bits per heavy atom. The SMILES string of the molecule is CCOCC(N)Cc1cccc2ccc(OC)cc12. The molecule has 2 N–H and O–H groups in total. The summed E-state index contributed by atoms with van der Waals surface area (Å²) in [6.07, 6.45) is 0.810. The molecule has 0 spiro atoms. The molecule has 0 aliphatic carbocycles. The standard InChI is InChI=1S/C16H21NO2/c1-3-19-11-14(17)9-13-6-4-5-12-7-8-15(18-2)10-16(12)13/h4-8,10,14H,3,9,11,17H2,1-2H3. The Labute approximate surface area is 114 Å². The fraction of sp³-hybridized carbons (Fsp3) is 0.375. The summed E-state index contributed by atoms with van der Waals surface area (Å²) in [7, 11) is 1.69. The maximum Gasteiger partial charge on any atom is 0.119 e. The van der Waals surface area contributed by atoms with Crippen molar-refractivity contribution in [1.29, 1.82) is 0 Å². The van der Waals surface area contributed by atoms with Gasteiger partial charge in [-0.25, -0.2) is 0 Å². The summed E-state index contributed by atoms with van der Waals surface area (Å²) in [6, 6.07) is 12.4. The molecule has 1 unspecified atom stereocenters. The van der Waals surface area contributed by atoms with Crippen molar-refractivity contribution in [2.75, 3.05) is 20.3 Å². The van der Waals surface area contributed by atoms with Crippen LogP contribution in [0.4, 0.5) is 0 Å². The molecule has 2 rings (SSSR count). The van der Waals surface area contributed by atoms with Crippen molar-refractivity contribution >= 4 is 10.8 Å². The fourth-order valence-electron chi connectivity index (χ4n) is 2.23. The number of fused-ring (bicyclic) bond motifs is 1. The third-order valence-corrected chi connectivity index (χ3v) is 3.20. The van der Waals surface area contributed by atoms with Crippen LogP contribution in [0.2, 0.25) is 0 Å². The van der Waals surface area contributed by atoms with Gasteiger partial charge in [0.05, 0.1) is 13.7 Å². The predicted octanol–water partition coefficient (Wildman–Crippen LogP) is 2.75. The van der Waals surface area contributed by atoms with Crippen LogP contribution in [0.3, 0.4) is 0 Å². The van der Waals surface area contributed by atoms with Crippen LogP contribution in [-0.2, 0) is 11.2 Å². The Morgan fingerprint density at radius 3 is 2.79 bits per heavy atom. The maximum absolute atomic E-state index is 6.10. The topological polar surface area (TPSA) is 44.5 Å². The number of rotatable bonds is 6. The molecule has 0 radical (unpaired) electrons. The molecule has 0 aliphatic heterocycles. The molecule has 0 saturated carbocycles. The molecule has 19 heavy (non-hydrogen) atoms. The molecular weight excluding hydrogens is 238 g/mol. The molecule has 0 amide bonds. The number of hydrogen-bond donors (Lipinski definition) is 1. The summed E-state index contributed by atoms with van der Waals surface area (Å²) in [5.74, 6) is 0.873. The van der Waals surface area contributed by atoms with E-state index < -0.39 is 0 Å². The lowest BCUT2D eigenvalue weighted by Crippen LogP contribution is -2.28. The zero-order chi connectivity index (χ0) is 13.7. The highest BCUT2D eigenvalue weighted by Crippen LogP contribution is 2.24. The van der Waals surface area contributed by atoms with Crippen molar-refractivity contribution in [3.63, 3.8) is 0 Å². The van der Waals surface area contributed by atoms with Gasteiger partial charge in [-0.15, -0.1) is 0 Å². The van der Waals surface area contributed by atoms with E-state index in [0.717, 1.165) is 12.2 Å². The number of nitrogens with two attached hydrogens (primary N) is 1. The highest BCUT2D eigenvalue weighted by Gasteiger charge is 2.08. The summed E-state index contributed by atoms with van der Waals surface area (Å²) < 4.78 is 10.7. The summed E-state index contributed by atoms with van der Waals surface area (Å²) in [5, 5.41) is 2.41. The molecule has 3 nitrogen and oxygen atoms in total. The van der Waals surface area contributed by atoms with E-state index in [1.165, 1.54) is 16.3 Å². The van der Waals surface area contributed by atoms with E-state index in [1.54, 1.807) is 7.11 Å². The van der Waals surface area contributed by atoms with Gasteiger partial charge in [0.25, 0.3) is 0 Å². The minimum Gasteiger partial charge on any atom is -0.497 e. The van der Waals surface area contributed by atoms with Crippen molar-refractivity contribution in [3.8, 4) is 5.75 Å². The first kappa shape index (κ1) is 13.8. The molecule has 0 aliphatic rings. The van der Waals surface area contributed by atoms with E-state index in [2.05, 4.69) is 30.3 Å². The fourth-order valence-corrected chi connectivity index (χ4v) is 2.23. The number of ether oxygens (including phenoxy) is 2. The zero-order valence-electron chi connectivity index (χ0n) is 11.6. The Bertz CT molecular complexity index is 539. The first-order chi connectivity index (χ1) is 9.24. The molecular formula is C16H21NO2. The normalized spacial score (nSPS) is 12.6. The van der Waals surface area contributed by atoms with E-state index in [-0.39, 0.29) is 6.04 Å². The van der Waals surface area contributed by atoms with Crippen LogP contribution >= 0.6 is 0 Å². The van der Waals surface area contributed by atoms with E-state index in [0.29, 0.717) is 13.2 Å².